The van der Waals surface area contributed by atoms with Crippen LogP contribution in [0.2, 0.25) is 0 Å². The van der Waals surface area contributed by atoms with Crippen LogP contribution < -0.4 is 10.6 Å². The van der Waals surface area contributed by atoms with E-state index in [0.29, 0.717) is 36.9 Å². The molecule has 2 aromatic rings. The predicted molar refractivity (Wildman–Crippen MR) is 112 cm³/mol. The number of ether oxygens (including phenoxy) is 1. The lowest BCUT2D eigenvalue weighted by molar-refractivity contribution is -0.140. The van der Waals surface area contributed by atoms with E-state index in [1.54, 1.807) is 18.2 Å². The Morgan fingerprint density at radius 3 is 2.59 bits per heavy atom. The van der Waals surface area contributed by atoms with Gasteiger partial charge in [-0.05, 0) is 62.6 Å². The number of benzene rings is 1. The van der Waals surface area contributed by atoms with Crippen LogP contribution in [0.4, 0.5) is 11.4 Å². The lowest BCUT2D eigenvalue weighted by atomic mass is 10.0. The molecule has 1 aliphatic heterocycles. The van der Waals surface area contributed by atoms with Gasteiger partial charge in [0, 0.05) is 41.2 Å². The zero-order valence-corrected chi connectivity index (χ0v) is 16.8. The molecule has 3 N–H and O–H groups in total. The molecule has 7 heteroatoms. The number of carbonyl (C=O) groups excluding carboxylic acids is 3. The quantitative estimate of drug-likeness (QED) is 0.377. The molecule has 0 spiro atoms. The Kier molecular flexibility index (Phi) is 6.16. The van der Waals surface area contributed by atoms with Crippen LogP contribution in [0.25, 0.3) is 11.6 Å². The molecule has 1 aromatic carbocycles. The third-order valence-corrected chi connectivity index (χ3v) is 4.83. The number of amides is 2. The largest absolute Gasteiger partial charge is 0.469 e. The highest BCUT2D eigenvalue weighted by Crippen LogP contribution is 2.35. The standard InChI is InChI=1S/C22H25N3O4/c1-13-10-14(2)23-19(13)12-17-16-11-15(8-9-18(16)25-22(17)28)24-20(26)6-4-5-7-21(27)29-3/h8-12,23H,4-7H2,1-3H3,(H,24,26)(H,25,28). The van der Waals surface area contributed by atoms with E-state index in [1.807, 2.05) is 26.0 Å². The van der Waals surface area contributed by atoms with Crippen LogP contribution in [-0.4, -0.2) is 29.9 Å². The number of methoxy groups -OCH3 is 1. The summed E-state index contributed by atoms with van der Waals surface area (Å²) in [5.74, 6) is -0.570. The summed E-state index contributed by atoms with van der Waals surface area (Å²) in [5, 5.41) is 5.71. The number of aromatic nitrogens is 1. The monoisotopic (exact) mass is 395 g/mol. The van der Waals surface area contributed by atoms with Crippen LogP contribution in [0.15, 0.2) is 24.3 Å². The molecule has 0 bridgehead atoms. The maximum Gasteiger partial charge on any atom is 0.305 e. The number of hydrogen-bond donors (Lipinski definition) is 3. The number of anilines is 2. The van der Waals surface area contributed by atoms with Crippen LogP contribution in [-0.2, 0) is 19.1 Å². The van der Waals surface area contributed by atoms with Crippen molar-refractivity contribution >= 4 is 40.8 Å². The van der Waals surface area contributed by atoms with E-state index < -0.39 is 0 Å². The Bertz CT molecular complexity index is 988. The number of carbonyl (C=O) groups is 3. The number of hydrogen-bond acceptors (Lipinski definition) is 4. The molecular weight excluding hydrogens is 370 g/mol. The summed E-state index contributed by atoms with van der Waals surface area (Å²) in [6.07, 6.45) is 3.66. The molecule has 2 amide bonds. The molecule has 1 aromatic heterocycles. The van der Waals surface area contributed by atoms with Crippen molar-refractivity contribution in [3.63, 3.8) is 0 Å². The molecule has 0 unspecified atom stereocenters. The zero-order chi connectivity index (χ0) is 21.0. The van der Waals surface area contributed by atoms with Crippen LogP contribution in [0, 0.1) is 13.8 Å². The summed E-state index contributed by atoms with van der Waals surface area (Å²) in [6, 6.07) is 7.37. The Morgan fingerprint density at radius 1 is 1.14 bits per heavy atom. The van der Waals surface area contributed by atoms with Gasteiger partial charge in [-0.2, -0.15) is 0 Å². The van der Waals surface area contributed by atoms with Crippen molar-refractivity contribution in [3.05, 3.63) is 46.8 Å². The summed E-state index contributed by atoms with van der Waals surface area (Å²) in [5.41, 5.74) is 5.64. The Labute approximate surface area is 169 Å². The summed E-state index contributed by atoms with van der Waals surface area (Å²) >= 11 is 0. The first kappa shape index (κ1) is 20.4. The molecule has 7 nitrogen and oxygen atoms in total. The summed E-state index contributed by atoms with van der Waals surface area (Å²) in [6.45, 7) is 3.96. The number of H-pyrrole nitrogens is 1. The van der Waals surface area contributed by atoms with Crippen LogP contribution in [0.5, 0.6) is 0 Å². The molecule has 0 saturated carbocycles. The third-order valence-electron chi connectivity index (χ3n) is 4.83. The van der Waals surface area contributed by atoms with E-state index in [1.165, 1.54) is 7.11 Å². The molecule has 0 fully saturated rings. The number of esters is 1. The van der Waals surface area contributed by atoms with E-state index in [2.05, 4.69) is 20.4 Å². The average Bonchev–Trinajstić information content (AvgIpc) is 3.16. The molecular formula is C22H25N3O4. The van der Waals surface area contributed by atoms with Gasteiger partial charge in [0.15, 0.2) is 0 Å². The Morgan fingerprint density at radius 2 is 1.90 bits per heavy atom. The lowest BCUT2D eigenvalue weighted by Gasteiger charge is -2.07. The highest BCUT2D eigenvalue weighted by atomic mass is 16.5. The molecule has 0 radical (unpaired) electrons. The third kappa shape index (κ3) is 4.93. The second kappa shape index (κ2) is 8.77. The number of rotatable bonds is 7. The van der Waals surface area contributed by atoms with Crippen molar-refractivity contribution in [2.75, 3.05) is 17.7 Å². The fourth-order valence-corrected chi connectivity index (χ4v) is 3.33. The minimum Gasteiger partial charge on any atom is -0.469 e. The van der Waals surface area contributed by atoms with Crippen molar-refractivity contribution in [2.45, 2.75) is 39.5 Å². The number of aryl methyl sites for hydroxylation is 2. The number of nitrogens with one attached hydrogen (secondary N) is 3. The van der Waals surface area contributed by atoms with E-state index in [9.17, 15) is 14.4 Å². The van der Waals surface area contributed by atoms with E-state index in [-0.39, 0.29) is 17.8 Å². The first-order valence-corrected chi connectivity index (χ1v) is 9.57. The number of fused-ring (bicyclic) bond motifs is 1. The summed E-state index contributed by atoms with van der Waals surface area (Å²) < 4.78 is 4.59. The van der Waals surface area contributed by atoms with Gasteiger partial charge in [-0.3, -0.25) is 14.4 Å². The Balaban J connectivity index is 1.69. The molecule has 152 valence electrons. The Hall–Kier alpha value is -3.35. The van der Waals surface area contributed by atoms with Gasteiger partial charge < -0.3 is 20.4 Å². The number of unbranched alkanes of at least 4 members (excludes halogenated alkanes) is 1. The molecule has 0 saturated heterocycles. The molecule has 0 atom stereocenters. The first-order valence-electron chi connectivity index (χ1n) is 9.57. The summed E-state index contributed by atoms with van der Waals surface area (Å²) in [4.78, 5) is 39.0. The minimum atomic E-state index is -0.270. The maximum atomic E-state index is 12.4. The molecule has 2 heterocycles. The predicted octanol–water partition coefficient (Wildman–Crippen LogP) is 3.80. The molecule has 29 heavy (non-hydrogen) atoms. The van der Waals surface area contributed by atoms with Gasteiger partial charge in [-0.15, -0.1) is 0 Å². The first-order chi connectivity index (χ1) is 13.9. The van der Waals surface area contributed by atoms with Crippen molar-refractivity contribution in [1.29, 1.82) is 0 Å². The molecule has 0 aliphatic carbocycles. The normalized spacial score (nSPS) is 13.9. The molecule has 3 rings (SSSR count). The fraction of sp³-hybridized carbons (Fsp3) is 0.318. The lowest BCUT2D eigenvalue weighted by Crippen LogP contribution is -2.11. The van der Waals surface area contributed by atoms with Gasteiger partial charge in [0.25, 0.3) is 5.91 Å². The smallest absolute Gasteiger partial charge is 0.305 e. The van der Waals surface area contributed by atoms with Gasteiger partial charge in [0.2, 0.25) is 5.91 Å². The zero-order valence-electron chi connectivity index (χ0n) is 16.8. The number of aromatic amines is 1. The minimum absolute atomic E-state index is 0.131. The van der Waals surface area contributed by atoms with Crippen molar-refractivity contribution < 1.29 is 19.1 Å². The highest BCUT2D eigenvalue weighted by Gasteiger charge is 2.25. The topological polar surface area (TPSA) is 100 Å². The second-order valence-corrected chi connectivity index (χ2v) is 7.15. The van der Waals surface area contributed by atoms with Gasteiger partial charge in [0.1, 0.15) is 0 Å². The van der Waals surface area contributed by atoms with Gasteiger partial charge in [-0.25, -0.2) is 0 Å². The summed E-state index contributed by atoms with van der Waals surface area (Å²) in [7, 11) is 1.35. The van der Waals surface area contributed by atoms with E-state index in [0.717, 1.165) is 28.2 Å². The van der Waals surface area contributed by atoms with E-state index >= 15 is 0 Å². The van der Waals surface area contributed by atoms with Gasteiger partial charge >= 0.3 is 5.97 Å². The highest BCUT2D eigenvalue weighted by molar-refractivity contribution is 6.35. The van der Waals surface area contributed by atoms with Crippen molar-refractivity contribution in [2.24, 2.45) is 0 Å². The van der Waals surface area contributed by atoms with Crippen LogP contribution in [0.3, 0.4) is 0 Å². The fourth-order valence-electron chi connectivity index (χ4n) is 3.33. The maximum absolute atomic E-state index is 12.4. The SMILES string of the molecule is COC(=O)CCCCC(=O)Nc1ccc2c(c1)C(=Cc1[nH]c(C)cc1C)C(=O)N2. The van der Waals surface area contributed by atoms with Gasteiger partial charge in [0.05, 0.1) is 12.7 Å². The van der Waals surface area contributed by atoms with Crippen LogP contribution >= 0.6 is 0 Å². The van der Waals surface area contributed by atoms with E-state index in [4.69, 9.17) is 0 Å². The van der Waals surface area contributed by atoms with Crippen LogP contribution in [0.1, 0.15) is 48.2 Å². The molecule has 1 aliphatic rings. The average molecular weight is 395 g/mol. The van der Waals surface area contributed by atoms with Crippen molar-refractivity contribution in [1.82, 2.24) is 4.98 Å². The van der Waals surface area contributed by atoms with Crippen molar-refractivity contribution in [3.8, 4) is 0 Å². The van der Waals surface area contributed by atoms with Gasteiger partial charge in [-0.1, -0.05) is 0 Å². The second-order valence-electron chi connectivity index (χ2n) is 7.15.